The molecule has 1 N–H and O–H groups in total. The molecule has 0 bridgehead atoms. The van der Waals surface area contributed by atoms with Crippen LogP contribution in [0.15, 0.2) is 23.6 Å². The molecule has 0 atom stereocenters. The summed E-state index contributed by atoms with van der Waals surface area (Å²) >= 11 is 1.57. The Morgan fingerprint density at radius 3 is 3.16 bits per heavy atom. The molecule has 0 unspecified atom stereocenters. The number of aryl methyl sites for hydroxylation is 1. The van der Waals surface area contributed by atoms with Gasteiger partial charge in [0.15, 0.2) is 0 Å². The fourth-order valence-electron chi connectivity index (χ4n) is 2.13. The predicted molar refractivity (Wildman–Crippen MR) is 73.1 cm³/mol. The largest absolute Gasteiger partial charge is 0.348 e. The molecule has 96 valence electrons. The second-order valence-electron chi connectivity index (χ2n) is 4.40. The maximum atomic E-state index is 11.5. The number of nitrogens with one attached hydrogen (secondary N) is 1. The first-order chi connectivity index (χ1) is 9.28. The van der Waals surface area contributed by atoms with Crippen molar-refractivity contribution < 1.29 is 9.59 Å². The molecular formula is C14H12N2O2S. The second kappa shape index (κ2) is 4.93. The molecule has 1 aromatic carbocycles. The van der Waals surface area contributed by atoms with Crippen LogP contribution in [0.4, 0.5) is 0 Å². The Morgan fingerprint density at radius 1 is 1.42 bits per heavy atom. The molecule has 1 amide bonds. The van der Waals surface area contributed by atoms with Crippen molar-refractivity contribution in [1.29, 1.82) is 0 Å². The number of aromatic nitrogens is 1. The van der Waals surface area contributed by atoms with Crippen LogP contribution in [0.25, 0.3) is 10.6 Å². The molecule has 1 aromatic heterocycles. The highest BCUT2D eigenvalue weighted by Gasteiger charge is 2.19. The lowest BCUT2D eigenvalue weighted by Crippen LogP contribution is -2.12. The van der Waals surface area contributed by atoms with Crippen molar-refractivity contribution >= 4 is 23.5 Å². The van der Waals surface area contributed by atoms with Crippen LogP contribution < -0.4 is 5.32 Å². The highest BCUT2D eigenvalue weighted by molar-refractivity contribution is 7.13. The molecule has 1 aliphatic rings. The molecule has 2 heterocycles. The third-order valence-electron chi connectivity index (χ3n) is 3.11. The standard InChI is InChI=1S/C14H12N2O2S/c17-5-1-2-11-8-19-14(16-11)9-3-4-12-10(6-9)7-15-13(12)18/h3-6,8H,1-2,7H2,(H,15,18). The van der Waals surface area contributed by atoms with E-state index in [4.69, 9.17) is 0 Å². The van der Waals surface area contributed by atoms with Crippen LogP contribution in [0, 0.1) is 0 Å². The van der Waals surface area contributed by atoms with Gasteiger partial charge in [0.1, 0.15) is 11.3 Å². The van der Waals surface area contributed by atoms with E-state index < -0.39 is 0 Å². The molecule has 4 nitrogen and oxygen atoms in total. The van der Waals surface area contributed by atoms with Crippen LogP contribution in [0.2, 0.25) is 0 Å². The number of benzene rings is 1. The predicted octanol–water partition coefficient (Wildman–Crippen LogP) is 2.18. The van der Waals surface area contributed by atoms with E-state index in [9.17, 15) is 9.59 Å². The van der Waals surface area contributed by atoms with Gasteiger partial charge in [-0.3, -0.25) is 4.79 Å². The zero-order valence-corrected chi connectivity index (χ0v) is 11.0. The third-order valence-corrected chi connectivity index (χ3v) is 4.05. The zero-order chi connectivity index (χ0) is 13.2. The van der Waals surface area contributed by atoms with E-state index in [1.807, 2.05) is 23.6 Å². The van der Waals surface area contributed by atoms with Crippen LogP contribution in [0.1, 0.15) is 28.0 Å². The Morgan fingerprint density at radius 2 is 2.32 bits per heavy atom. The summed E-state index contributed by atoms with van der Waals surface area (Å²) < 4.78 is 0. The molecule has 0 radical (unpaired) electrons. The average molecular weight is 272 g/mol. The Labute approximate surface area is 114 Å². The lowest BCUT2D eigenvalue weighted by Gasteiger charge is -1.99. The molecule has 1 aliphatic heterocycles. The minimum absolute atomic E-state index is 0.00707. The number of carbonyl (C=O) groups excluding carboxylic acids is 2. The van der Waals surface area contributed by atoms with E-state index in [1.165, 1.54) is 0 Å². The van der Waals surface area contributed by atoms with Gasteiger partial charge in [-0.2, -0.15) is 0 Å². The number of amides is 1. The summed E-state index contributed by atoms with van der Waals surface area (Å²) in [5.74, 6) is -0.00707. The number of aldehydes is 1. The van der Waals surface area contributed by atoms with Gasteiger partial charge in [-0.25, -0.2) is 4.98 Å². The van der Waals surface area contributed by atoms with Gasteiger partial charge in [0.25, 0.3) is 5.91 Å². The van der Waals surface area contributed by atoms with Crippen LogP contribution >= 0.6 is 11.3 Å². The first kappa shape index (κ1) is 12.0. The molecular weight excluding hydrogens is 260 g/mol. The topological polar surface area (TPSA) is 59.1 Å². The lowest BCUT2D eigenvalue weighted by atomic mass is 10.1. The van der Waals surface area contributed by atoms with Crippen molar-refractivity contribution in [1.82, 2.24) is 10.3 Å². The summed E-state index contributed by atoms with van der Waals surface area (Å²) in [5.41, 5.74) is 3.74. The lowest BCUT2D eigenvalue weighted by molar-refractivity contribution is -0.107. The number of rotatable bonds is 4. The van der Waals surface area contributed by atoms with E-state index in [-0.39, 0.29) is 5.91 Å². The second-order valence-corrected chi connectivity index (χ2v) is 5.26. The molecule has 19 heavy (non-hydrogen) atoms. The van der Waals surface area contributed by atoms with Gasteiger partial charge in [0.05, 0.1) is 5.69 Å². The van der Waals surface area contributed by atoms with Crippen LogP contribution in [-0.2, 0) is 17.8 Å². The van der Waals surface area contributed by atoms with Crippen molar-refractivity contribution in [3.63, 3.8) is 0 Å². The Balaban J connectivity index is 1.88. The van der Waals surface area contributed by atoms with E-state index in [2.05, 4.69) is 10.3 Å². The molecule has 2 aromatic rings. The number of nitrogens with zero attached hydrogens (tertiary/aromatic N) is 1. The maximum Gasteiger partial charge on any atom is 0.251 e. The first-order valence-electron chi connectivity index (χ1n) is 6.07. The minimum atomic E-state index is -0.00707. The smallest absolute Gasteiger partial charge is 0.251 e. The van der Waals surface area contributed by atoms with E-state index >= 15 is 0 Å². The van der Waals surface area contributed by atoms with Crippen LogP contribution in [0.3, 0.4) is 0 Å². The van der Waals surface area contributed by atoms with Gasteiger partial charge in [-0.15, -0.1) is 11.3 Å². The normalized spacial score (nSPS) is 13.2. The fourth-order valence-corrected chi connectivity index (χ4v) is 2.98. The van der Waals surface area contributed by atoms with Crippen molar-refractivity contribution in [3.8, 4) is 10.6 Å². The zero-order valence-electron chi connectivity index (χ0n) is 10.2. The maximum absolute atomic E-state index is 11.5. The summed E-state index contributed by atoms with van der Waals surface area (Å²) in [6.07, 6.45) is 2.10. The third kappa shape index (κ3) is 2.29. The number of thiazole rings is 1. The van der Waals surface area contributed by atoms with E-state index in [1.54, 1.807) is 11.3 Å². The monoisotopic (exact) mass is 272 g/mol. The van der Waals surface area contributed by atoms with Crippen LogP contribution in [0.5, 0.6) is 0 Å². The van der Waals surface area contributed by atoms with Gasteiger partial charge in [0, 0.05) is 29.5 Å². The summed E-state index contributed by atoms with van der Waals surface area (Å²) in [4.78, 5) is 26.3. The molecule has 0 saturated heterocycles. The van der Waals surface area contributed by atoms with Gasteiger partial charge in [0.2, 0.25) is 0 Å². The van der Waals surface area contributed by atoms with E-state index in [0.717, 1.165) is 33.7 Å². The highest BCUT2D eigenvalue weighted by atomic mass is 32.1. The Kier molecular flexibility index (Phi) is 3.13. The van der Waals surface area contributed by atoms with Gasteiger partial charge < -0.3 is 10.1 Å². The minimum Gasteiger partial charge on any atom is -0.348 e. The molecule has 3 rings (SSSR count). The van der Waals surface area contributed by atoms with Crippen molar-refractivity contribution in [2.45, 2.75) is 19.4 Å². The summed E-state index contributed by atoms with van der Waals surface area (Å²) in [7, 11) is 0. The SMILES string of the molecule is O=CCCc1csc(-c2ccc3c(c2)CNC3=O)n1. The number of hydrogen-bond acceptors (Lipinski definition) is 4. The van der Waals surface area contributed by atoms with Crippen molar-refractivity contribution in [3.05, 3.63) is 40.4 Å². The Bertz CT molecular complexity index is 649. The first-order valence-corrected chi connectivity index (χ1v) is 6.95. The van der Waals surface area contributed by atoms with Gasteiger partial charge in [-0.1, -0.05) is 6.07 Å². The quantitative estimate of drug-likeness (QED) is 0.868. The van der Waals surface area contributed by atoms with E-state index in [0.29, 0.717) is 19.4 Å². The van der Waals surface area contributed by atoms with Gasteiger partial charge >= 0.3 is 0 Å². The highest BCUT2D eigenvalue weighted by Crippen LogP contribution is 2.27. The molecule has 5 heteroatoms. The van der Waals surface area contributed by atoms with Crippen LogP contribution in [-0.4, -0.2) is 17.2 Å². The van der Waals surface area contributed by atoms with Gasteiger partial charge in [-0.05, 0) is 24.1 Å². The molecule has 0 spiro atoms. The fraction of sp³-hybridized carbons (Fsp3) is 0.214. The molecule has 0 fully saturated rings. The summed E-state index contributed by atoms with van der Waals surface area (Å²) in [6, 6.07) is 5.78. The summed E-state index contributed by atoms with van der Waals surface area (Å²) in [5, 5.41) is 5.72. The number of hydrogen-bond donors (Lipinski definition) is 1. The average Bonchev–Trinajstić information content (AvgIpc) is 3.04. The Hall–Kier alpha value is -2.01. The number of carbonyl (C=O) groups is 2. The number of fused-ring (bicyclic) bond motifs is 1. The summed E-state index contributed by atoms with van der Waals surface area (Å²) in [6.45, 7) is 0.589. The van der Waals surface area contributed by atoms with Crippen molar-refractivity contribution in [2.75, 3.05) is 0 Å². The molecule has 0 saturated carbocycles. The molecule has 0 aliphatic carbocycles. The van der Waals surface area contributed by atoms with Crippen molar-refractivity contribution in [2.24, 2.45) is 0 Å².